The summed E-state index contributed by atoms with van der Waals surface area (Å²) in [7, 11) is 0. The number of unbranched alkanes of at least 4 members (excludes halogenated alkanes) is 1. The lowest BCUT2D eigenvalue weighted by Gasteiger charge is -2.19. The van der Waals surface area contributed by atoms with Gasteiger partial charge in [-0.3, -0.25) is 9.59 Å². The minimum absolute atomic E-state index is 0.00912. The van der Waals surface area contributed by atoms with Crippen molar-refractivity contribution in [1.29, 1.82) is 0 Å². The van der Waals surface area contributed by atoms with E-state index in [1.807, 2.05) is 43.3 Å². The second-order valence-electron chi connectivity index (χ2n) is 13.3. The second-order valence-corrected chi connectivity index (χ2v) is 13.3. The van der Waals surface area contributed by atoms with E-state index in [-0.39, 0.29) is 42.4 Å². The summed E-state index contributed by atoms with van der Waals surface area (Å²) in [5, 5.41) is 0. The summed E-state index contributed by atoms with van der Waals surface area (Å²) >= 11 is 0. The fourth-order valence-electron chi connectivity index (χ4n) is 6.54. The second kappa shape index (κ2) is 19.1. The van der Waals surface area contributed by atoms with Gasteiger partial charge in [0.15, 0.2) is 0 Å². The number of ether oxygens (including phenoxy) is 2. The number of ketones is 1. The van der Waals surface area contributed by atoms with Gasteiger partial charge in [0.2, 0.25) is 0 Å². The molecule has 2 aromatic carbocycles. The molecule has 0 radical (unpaired) electrons. The van der Waals surface area contributed by atoms with Crippen molar-refractivity contribution < 1.29 is 23.5 Å². The fourth-order valence-corrected chi connectivity index (χ4v) is 6.54. The van der Waals surface area contributed by atoms with Crippen LogP contribution < -0.4 is 0 Å². The van der Waals surface area contributed by atoms with E-state index in [9.17, 15) is 14.0 Å². The molecule has 0 saturated heterocycles. The third-order valence-electron chi connectivity index (χ3n) is 9.88. The van der Waals surface area contributed by atoms with Gasteiger partial charge in [-0.1, -0.05) is 122 Å². The van der Waals surface area contributed by atoms with E-state index in [1.54, 1.807) is 6.07 Å². The number of hydrogen-bond donors (Lipinski definition) is 0. The Kier molecular flexibility index (Phi) is 15.6. The predicted molar refractivity (Wildman–Crippen MR) is 176 cm³/mol. The van der Waals surface area contributed by atoms with Crippen LogP contribution in [0.3, 0.4) is 0 Å². The van der Waals surface area contributed by atoms with Crippen LogP contribution >= 0.6 is 0 Å². The van der Waals surface area contributed by atoms with Gasteiger partial charge in [0.1, 0.15) is 18.2 Å². The minimum atomic E-state index is -0.286. The highest BCUT2D eigenvalue weighted by atomic mass is 19.1. The van der Waals surface area contributed by atoms with Crippen LogP contribution in [0.1, 0.15) is 116 Å². The molecule has 3 rings (SSSR count). The minimum Gasteiger partial charge on any atom is -0.461 e. The molecule has 0 amide bonds. The van der Waals surface area contributed by atoms with Gasteiger partial charge >= 0.3 is 5.97 Å². The number of hydrogen-bond acceptors (Lipinski definition) is 4. The molecule has 4 nitrogen and oxygen atoms in total. The van der Waals surface area contributed by atoms with Crippen molar-refractivity contribution in [2.24, 2.45) is 35.5 Å². The summed E-state index contributed by atoms with van der Waals surface area (Å²) in [6.45, 7) is 11.9. The van der Waals surface area contributed by atoms with E-state index in [0.29, 0.717) is 42.4 Å². The van der Waals surface area contributed by atoms with Crippen molar-refractivity contribution in [3.63, 3.8) is 0 Å². The van der Waals surface area contributed by atoms with Crippen LogP contribution in [0.15, 0.2) is 48.5 Å². The molecule has 244 valence electrons. The van der Waals surface area contributed by atoms with Crippen LogP contribution in [0.5, 0.6) is 0 Å². The van der Waals surface area contributed by atoms with E-state index in [0.717, 1.165) is 62.5 Å². The molecular formula is C39H57FO4. The van der Waals surface area contributed by atoms with Gasteiger partial charge in [0, 0.05) is 17.9 Å². The van der Waals surface area contributed by atoms with Crippen LogP contribution in [0.2, 0.25) is 0 Å². The third kappa shape index (κ3) is 11.8. The molecule has 1 fully saturated rings. The predicted octanol–water partition coefficient (Wildman–Crippen LogP) is 9.91. The summed E-state index contributed by atoms with van der Waals surface area (Å²) in [5.74, 6) is 1.94. The van der Waals surface area contributed by atoms with Gasteiger partial charge in [0.25, 0.3) is 0 Å². The summed E-state index contributed by atoms with van der Waals surface area (Å²) in [6.07, 6.45) is 11.0. The molecule has 0 aromatic heterocycles. The maximum absolute atomic E-state index is 14.9. The zero-order chi connectivity index (χ0) is 31.9. The number of Topliss-reactive ketones (excluding diaryl/α,β-unsaturated/α-hetero) is 1. The Morgan fingerprint density at radius 3 is 2.34 bits per heavy atom. The smallest absolute Gasteiger partial charge is 0.309 e. The van der Waals surface area contributed by atoms with Gasteiger partial charge in [-0.2, -0.15) is 0 Å². The standard InChI is InChI=1S/C39H57FO4/c1-6-9-15-28(4)29(5)38(41)23-31-20-21-34(37(40)22-31)26-43-27-35-24-36(35)33(14-7-2)19-13-18-32(8-3)39(42)44-25-30-16-11-10-12-17-30/h10-12,16-17,20-22,28-29,32-33,35-36H,6-9,13-15,18-19,23-27H2,1-5H3. The molecule has 0 heterocycles. The lowest BCUT2D eigenvalue weighted by atomic mass is 9.85. The zero-order valence-corrected chi connectivity index (χ0v) is 28.0. The zero-order valence-electron chi connectivity index (χ0n) is 28.0. The highest BCUT2D eigenvalue weighted by Crippen LogP contribution is 2.48. The van der Waals surface area contributed by atoms with E-state index >= 15 is 0 Å². The Labute approximate surface area is 266 Å². The van der Waals surface area contributed by atoms with Gasteiger partial charge in [0.05, 0.1) is 19.1 Å². The Bertz CT molecular complexity index is 1130. The number of benzene rings is 2. The molecule has 2 aromatic rings. The number of carbonyl (C=O) groups excluding carboxylic acids is 2. The molecule has 1 aliphatic carbocycles. The van der Waals surface area contributed by atoms with Gasteiger partial charge in [-0.05, 0) is 60.1 Å². The molecule has 1 saturated carbocycles. The maximum Gasteiger partial charge on any atom is 0.309 e. The van der Waals surface area contributed by atoms with Crippen LogP contribution in [-0.4, -0.2) is 18.4 Å². The summed E-state index contributed by atoms with van der Waals surface area (Å²) in [4.78, 5) is 25.4. The van der Waals surface area contributed by atoms with Crippen molar-refractivity contribution in [2.75, 3.05) is 6.61 Å². The van der Waals surface area contributed by atoms with E-state index < -0.39 is 0 Å². The first-order valence-electron chi connectivity index (χ1n) is 17.3. The van der Waals surface area contributed by atoms with E-state index in [1.165, 1.54) is 18.9 Å². The SMILES string of the molecule is CCCCC(C)C(C)C(=O)Cc1ccc(COCC2CC2C(CCC)CCCC(CC)C(=O)OCc2ccccc2)c(F)c1. The average Bonchev–Trinajstić information content (AvgIpc) is 3.80. The molecule has 6 unspecified atom stereocenters. The molecule has 1 aliphatic rings. The van der Waals surface area contributed by atoms with E-state index in [4.69, 9.17) is 9.47 Å². The normalized spacial score (nSPS) is 18.8. The van der Waals surface area contributed by atoms with Crippen LogP contribution in [0.4, 0.5) is 4.39 Å². The highest BCUT2D eigenvalue weighted by molar-refractivity contribution is 5.83. The van der Waals surface area contributed by atoms with Crippen molar-refractivity contribution in [3.05, 3.63) is 71.0 Å². The first kappa shape index (κ1) is 35.9. The first-order valence-corrected chi connectivity index (χ1v) is 17.3. The summed E-state index contributed by atoms with van der Waals surface area (Å²) in [6, 6.07) is 15.0. The Hall–Kier alpha value is -2.53. The summed E-state index contributed by atoms with van der Waals surface area (Å²) in [5.41, 5.74) is 2.31. The van der Waals surface area contributed by atoms with Gasteiger partial charge in [-0.15, -0.1) is 0 Å². The molecule has 6 atom stereocenters. The topological polar surface area (TPSA) is 52.6 Å². The average molecular weight is 609 g/mol. The van der Waals surface area contributed by atoms with Crippen molar-refractivity contribution in [2.45, 2.75) is 118 Å². The van der Waals surface area contributed by atoms with Crippen LogP contribution in [0.25, 0.3) is 0 Å². The van der Waals surface area contributed by atoms with Crippen molar-refractivity contribution in [3.8, 4) is 0 Å². The highest BCUT2D eigenvalue weighted by Gasteiger charge is 2.42. The molecule has 0 bridgehead atoms. The Balaban J connectivity index is 1.38. The van der Waals surface area contributed by atoms with Crippen LogP contribution in [-0.2, 0) is 38.7 Å². The largest absolute Gasteiger partial charge is 0.461 e. The molecule has 44 heavy (non-hydrogen) atoms. The van der Waals surface area contributed by atoms with Crippen molar-refractivity contribution >= 4 is 11.8 Å². The fraction of sp³-hybridized carbons (Fsp3) is 0.641. The van der Waals surface area contributed by atoms with E-state index in [2.05, 4.69) is 27.7 Å². The van der Waals surface area contributed by atoms with Crippen LogP contribution in [0, 0.1) is 41.3 Å². The molecule has 0 N–H and O–H groups in total. The molecule has 0 spiro atoms. The monoisotopic (exact) mass is 608 g/mol. The lowest BCUT2D eigenvalue weighted by Crippen LogP contribution is -2.21. The van der Waals surface area contributed by atoms with Gasteiger partial charge in [-0.25, -0.2) is 4.39 Å². The molecule has 5 heteroatoms. The van der Waals surface area contributed by atoms with Crippen molar-refractivity contribution in [1.82, 2.24) is 0 Å². The molecular weight excluding hydrogens is 551 g/mol. The maximum atomic E-state index is 14.9. The Morgan fingerprint density at radius 1 is 0.886 bits per heavy atom. The lowest BCUT2D eigenvalue weighted by molar-refractivity contribution is -0.150. The Morgan fingerprint density at radius 2 is 1.66 bits per heavy atom. The molecule has 0 aliphatic heterocycles. The number of rotatable bonds is 22. The number of carbonyl (C=O) groups is 2. The number of halogens is 1. The quantitative estimate of drug-likeness (QED) is 0.125. The first-order chi connectivity index (χ1) is 21.3. The third-order valence-corrected chi connectivity index (χ3v) is 9.88. The number of esters is 1. The van der Waals surface area contributed by atoms with Gasteiger partial charge < -0.3 is 9.47 Å². The summed E-state index contributed by atoms with van der Waals surface area (Å²) < 4.78 is 26.5.